The molecule has 0 aliphatic carbocycles. The highest BCUT2D eigenvalue weighted by Crippen LogP contribution is 2.37. The first-order valence-corrected chi connectivity index (χ1v) is 9.51. The Morgan fingerprint density at radius 2 is 1.45 bits per heavy atom. The van der Waals surface area contributed by atoms with Gasteiger partial charge in [-0.25, -0.2) is 0 Å². The number of para-hydroxylation sites is 1. The Hall–Kier alpha value is -3.85. The lowest BCUT2D eigenvalue weighted by molar-refractivity contribution is 0.416. The maximum atomic E-state index is 5.98. The molecule has 3 heteroatoms. The molecule has 5 aromatic rings. The molecule has 0 bridgehead atoms. The molecule has 0 aliphatic heterocycles. The number of methoxy groups -OCH3 is 1. The molecule has 0 saturated heterocycles. The normalized spacial score (nSPS) is 11.5. The third kappa shape index (κ3) is 3.27. The Bertz CT molecular complexity index is 1320. The van der Waals surface area contributed by atoms with E-state index in [1.165, 1.54) is 11.1 Å². The average Bonchev–Trinajstić information content (AvgIpc) is 3.15. The van der Waals surface area contributed by atoms with Crippen molar-refractivity contribution in [1.29, 1.82) is 0 Å². The molecule has 1 aromatic heterocycles. The van der Waals surface area contributed by atoms with Crippen molar-refractivity contribution in [1.82, 2.24) is 0 Å². The summed E-state index contributed by atoms with van der Waals surface area (Å²) in [4.78, 5) is 4.66. The van der Waals surface area contributed by atoms with E-state index in [-0.39, 0.29) is 0 Å². The second kappa shape index (κ2) is 7.28. The van der Waals surface area contributed by atoms with Crippen LogP contribution in [0.3, 0.4) is 0 Å². The summed E-state index contributed by atoms with van der Waals surface area (Å²) in [6, 6.07) is 30.6. The smallest absolute Gasteiger partial charge is 0.145 e. The Morgan fingerprint density at radius 1 is 0.724 bits per heavy atom. The van der Waals surface area contributed by atoms with Crippen LogP contribution < -0.4 is 4.74 Å². The highest BCUT2D eigenvalue weighted by molar-refractivity contribution is 6.06. The third-order valence-electron chi connectivity index (χ3n) is 5.05. The van der Waals surface area contributed by atoms with Gasteiger partial charge in [-0.2, -0.15) is 0 Å². The maximum absolute atomic E-state index is 5.98. The number of nitrogens with zero attached hydrogens (tertiary/aromatic N) is 1. The molecule has 0 atom stereocenters. The van der Waals surface area contributed by atoms with Crippen molar-refractivity contribution in [2.75, 3.05) is 7.11 Å². The summed E-state index contributed by atoms with van der Waals surface area (Å²) in [6.07, 6.45) is 1.85. The van der Waals surface area contributed by atoms with Crippen LogP contribution in [-0.2, 0) is 0 Å². The quantitative estimate of drug-likeness (QED) is 0.316. The van der Waals surface area contributed by atoms with Crippen molar-refractivity contribution in [2.45, 2.75) is 0 Å². The number of furan rings is 1. The second-order valence-corrected chi connectivity index (χ2v) is 6.86. The summed E-state index contributed by atoms with van der Waals surface area (Å²) in [5.74, 6) is 0.723. The van der Waals surface area contributed by atoms with Gasteiger partial charge in [0.1, 0.15) is 22.6 Å². The summed E-state index contributed by atoms with van der Waals surface area (Å²) >= 11 is 0. The number of hydrogen-bond donors (Lipinski definition) is 0. The van der Waals surface area contributed by atoms with Gasteiger partial charge in [-0.15, -0.1) is 0 Å². The van der Waals surface area contributed by atoms with Crippen LogP contribution in [0.4, 0.5) is 5.69 Å². The zero-order valence-corrected chi connectivity index (χ0v) is 16.0. The highest BCUT2D eigenvalue weighted by atomic mass is 16.5. The monoisotopic (exact) mass is 377 g/mol. The number of ether oxygens (including phenoxy) is 1. The van der Waals surface area contributed by atoms with E-state index in [1.54, 1.807) is 7.11 Å². The van der Waals surface area contributed by atoms with Crippen molar-refractivity contribution in [3.05, 3.63) is 96.6 Å². The number of benzene rings is 4. The molecule has 0 fully saturated rings. The average molecular weight is 377 g/mol. The number of rotatable bonds is 4. The number of aliphatic imine (C=N–C) groups is 1. The van der Waals surface area contributed by atoms with E-state index in [9.17, 15) is 0 Å². The largest absolute Gasteiger partial charge is 0.494 e. The van der Waals surface area contributed by atoms with E-state index >= 15 is 0 Å². The van der Waals surface area contributed by atoms with E-state index in [1.807, 2.05) is 54.7 Å². The van der Waals surface area contributed by atoms with Gasteiger partial charge in [-0.1, -0.05) is 72.8 Å². The first-order chi connectivity index (χ1) is 14.3. The summed E-state index contributed by atoms with van der Waals surface area (Å²) in [7, 11) is 1.66. The van der Waals surface area contributed by atoms with E-state index in [0.29, 0.717) is 0 Å². The minimum atomic E-state index is 0.723. The van der Waals surface area contributed by atoms with Crippen LogP contribution in [0.15, 0.2) is 100 Å². The fourth-order valence-corrected chi connectivity index (χ4v) is 3.54. The molecule has 0 saturated carbocycles. The first kappa shape index (κ1) is 17.3. The van der Waals surface area contributed by atoms with Crippen LogP contribution in [-0.4, -0.2) is 13.3 Å². The zero-order chi connectivity index (χ0) is 19.6. The Morgan fingerprint density at radius 3 is 2.24 bits per heavy atom. The minimum absolute atomic E-state index is 0.723. The van der Waals surface area contributed by atoms with E-state index < -0.39 is 0 Å². The van der Waals surface area contributed by atoms with Crippen LogP contribution in [0.25, 0.3) is 33.1 Å². The Kier molecular flexibility index (Phi) is 4.34. The van der Waals surface area contributed by atoms with Gasteiger partial charge in [0.2, 0.25) is 0 Å². The predicted octanol–water partition coefficient (Wildman–Crippen LogP) is 7.01. The summed E-state index contributed by atoms with van der Waals surface area (Å²) in [6.45, 7) is 0. The highest BCUT2D eigenvalue weighted by Gasteiger charge is 2.11. The number of fused-ring (bicyclic) bond motifs is 3. The van der Waals surface area contributed by atoms with Gasteiger partial charge in [0.15, 0.2) is 0 Å². The lowest BCUT2D eigenvalue weighted by atomic mass is 10.0. The van der Waals surface area contributed by atoms with Crippen LogP contribution in [0, 0.1) is 0 Å². The molecule has 0 spiro atoms. The lowest BCUT2D eigenvalue weighted by Crippen LogP contribution is -1.85. The van der Waals surface area contributed by atoms with E-state index in [0.717, 1.165) is 38.9 Å². The zero-order valence-electron chi connectivity index (χ0n) is 16.0. The molecule has 1 heterocycles. The van der Waals surface area contributed by atoms with Gasteiger partial charge in [-0.05, 0) is 28.8 Å². The standard InChI is InChI=1S/C26H19NO2/c1-28-26-15-22-21-9-5-6-10-24(21)29-25(22)16-23(26)27-17-18-11-13-20(14-12-18)19-7-3-2-4-8-19/h2-17H,1H3. The van der Waals surface area contributed by atoms with Crippen molar-refractivity contribution in [3.63, 3.8) is 0 Å². The van der Waals surface area contributed by atoms with Gasteiger partial charge < -0.3 is 9.15 Å². The summed E-state index contributed by atoms with van der Waals surface area (Å²) in [5, 5.41) is 2.11. The topological polar surface area (TPSA) is 34.7 Å². The Balaban J connectivity index is 1.49. The molecule has 3 nitrogen and oxygen atoms in total. The molecular formula is C26H19NO2. The minimum Gasteiger partial charge on any atom is -0.494 e. The fraction of sp³-hybridized carbons (Fsp3) is 0.0385. The molecule has 5 rings (SSSR count). The van der Waals surface area contributed by atoms with Crippen molar-refractivity contribution in [2.24, 2.45) is 4.99 Å². The van der Waals surface area contributed by atoms with Gasteiger partial charge in [-0.3, -0.25) is 4.99 Å². The van der Waals surface area contributed by atoms with Crippen molar-refractivity contribution in [3.8, 4) is 16.9 Å². The van der Waals surface area contributed by atoms with E-state index in [4.69, 9.17) is 9.15 Å². The van der Waals surface area contributed by atoms with Gasteiger partial charge >= 0.3 is 0 Å². The molecule has 0 amide bonds. The molecular weight excluding hydrogens is 358 g/mol. The lowest BCUT2D eigenvalue weighted by Gasteiger charge is -2.05. The number of hydrogen-bond acceptors (Lipinski definition) is 3. The van der Waals surface area contributed by atoms with Gasteiger partial charge in [0.05, 0.1) is 7.11 Å². The molecule has 0 aliphatic rings. The fourth-order valence-electron chi connectivity index (χ4n) is 3.54. The van der Waals surface area contributed by atoms with Crippen molar-refractivity contribution < 1.29 is 9.15 Å². The Labute approximate surface area is 168 Å². The SMILES string of the molecule is COc1cc2c(cc1N=Cc1ccc(-c3ccccc3)cc1)oc1ccccc12. The van der Waals surface area contributed by atoms with Gasteiger partial charge in [0, 0.05) is 23.1 Å². The second-order valence-electron chi connectivity index (χ2n) is 6.86. The van der Waals surface area contributed by atoms with Crippen LogP contribution in [0.2, 0.25) is 0 Å². The summed E-state index contributed by atoms with van der Waals surface area (Å²) in [5.41, 5.74) is 5.82. The van der Waals surface area contributed by atoms with E-state index in [2.05, 4.69) is 47.5 Å². The molecule has 0 radical (unpaired) electrons. The molecule has 4 aromatic carbocycles. The predicted molar refractivity (Wildman–Crippen MR) is 119 cm³/mol. The van der Waals surface area contributed by atoms with Crippen LogP contribution >= 0.6 is 0 Å². The van der Waals surface area contributed by atoms with Crippen LogP contribution in [0.1, 0.15) is 5.56 Å². The molecule has 29 heavy (non-hydrogen) atoms. The van der Waals surface area contributed by atoms with Gasteiger partial charge in [0.25, 0.3) is 0 Å². The van der Waals surface area contributed by atoms with Crippen molar-refractivity contribution >= 4 is 33.8 Å². The summed E-state index contributed by atoms with van der Waals surface area (Å²) < 4.78 is 11.6. The van der Waals surface area contributed by atoms with Crippen LogP contribution in [0.5, 0.6) is 5.75 Å². The third-order valence-corrected chi connectivity index (χ3v) is 5.05. The molecule has 140 valence electrons. The maximum Gasteiger partial charge on any atom is 0.145 e. The molecule has 0 unspecified atom stereocenters. The first-order valence-electron chi connectivity index (χ1n) is 9.51. The molecule has 0 N–H and O–H groups in total.